The minimum absolute atomic E-state index is 0.0783. The molecule has 3 fully saturated rings. The number of alkyl halides is 2. The zero-order valence-corrected chi connectivity index (χ0v) is 22.1. The zero-order chi connectivity index (χ0) is 26.2. The molecular weight excluding hydrogens is 496 g/mol. The van der Waals surface area contributed by atoms with Crippen LogP contribution in [0.15, 0.2) is 24.3 Å². The quantitative estimate of drug-likeness (QED) is 0.250. The number of aromatic nitrogens is 2. The van der Waals surface area contributed by atoms with Crippen molar-refractivity contribution in [2.45, 2.75) is 62.8 Å². The van der Waals surface area contributed by atoms with Crippen LogP contribution >= 0.6 is 11.9 Å². The lowest BCUT2D eigenvalue weighted by atomic mass is 9.83. The topological polar surface area (TPSA) is 100 Å². The number of nitrogens with zero attached hydrogens (tertiary/aromatic N) is 4. The van der Waals surface area contributed by atoms with E-state index >= 15 is 0 Å². The molecule has 2 aliphatic heterocycles. The van der Waals surface area contributed by atoms with Gasteiger partial charge in [-0.1, -0.05) is 24.1 Å². The van der Waals surface area contributed by atoms with Crippen LogP contribution in [0, 0.1) is 11.3 Å². The molecule has 3 heterocycles. The average molecular weight is 532 g/mol. The Labute approximate surface area is 220 Å². The summed E-state index contributed by atoms with van der Waals surface area (Å²) in [5, 5.41) is 26.0. The summed E-state index contributed by atoms with van der Waals surface area (Å²) in [6, 6.07) is 6.31. The molecule has 0 unspecified atom stereocenters. The summed E-state index contributed by atoms with van der Waals surface area (Å²) in [6.07, 6.45) is 2.85. The van der Waals surface area contributed by atoms with Gasteiger partial charge in [-0.2, -0.15) is 9.97 Å². The Hall–Kier alpha value is -2.50. The maximum Gasteiger partial charge on any atom is 0.263 e. The minimum atomic E-state index is -2.57. The predicted octanol–water partition coefficient (Wildman–Crippen LogP) is 5.05. The lowest BCUT2D eigenvalue weighted by Crippen LogP contribution is -2.51. The Kier molecular flexibility index (Phi) is 7.56. The van der Waals surface area contributed by atoms with E-state index in [4.69, 9.17) is 10.4 Å². The second-order valence-corrected chi connectivity index (χ2v) is 12.1. The van der Waals surface area contributed by atoms with Gasteiger partial charge in [0, 0.05) is 48.9 Å². The number of nitrogens with one attached hydrogen (secondary N) is 3. The van der Waals surface area contributed by atoms with Crippen molar-refractivity contribution in [1.29, 1.82) is 5.41 Å². The van der Waals surface area contributed by atoms with Gasteiger partial charge in [0.25, 0.3) is 6.43 Å². The van der Waals surface area contributed by atoms with E-state index in [1.54, 1.807) is 12.1 Å². The van der Waals surface area contributed by atoms with Gasteiger partial charge in [0.05, 0.1) is 17.2 Å². The molecule has 3 aliphatic rings. The highest BCUT2D eigenvalue weighted by atomic mass is 32.2. The van der Waals surface area contributed by atoms with Crippen molar-refractivity contribution in [3.8, 4) is 0 Å². The Morgan fingerprint density at radius 1 is 1.16 bits per heavy atom. The second kappa shape index (κ2) is 10.7. The van der Waals surface area contributed by atoms with Crippen molar-refractivity contribution in [2.75, 3.05) is 41.7 Å². The van der Waals surface area contributed by atoms with E-state index in [0.29, 0.717) is 41.9 Å². The van der Waals surface area contributed by atoms with Crippen molar-refractivity contribution in [2.24, 2.45) is 5.92 Å². The normalized spacial score (nSPS) is 19.7. The monoisotopic (exact) mass is 531 g/mol. The van der Waals surface area contributed by atoms with Gasteiger partial charge in [0.2, 0.25) is 5.95 Å². The molecule has 200 valence electrons. The third-order valence-corrected chi connectivity index (χ3v) is 8.63. The largest absolute Gasteiger partial charge is 0.390 e. The van der Waals surface area contributed by atoms with Crippen LogP contribution in [-0.4, -0.2) is 68.7 Å². The maximum atomic E-state index is 13.3. The molecular formula is C26H35F2N7OS. The van der Waals surface area contributed by atoms with Crippen molar-refractivity contribution in [1.82, 2.24) is 14.3 Å². The number of hydrogen-bond acceptors (Lipinski definition) is 9. The molecule has 0 amide bonds. The molecule has 1 aromatic carbocycles. The van der Waals surface area contributed by atoms with Crippen LogP contribution in [-0.2, 0) is 0 Å². The van der Waals surface area contributed by atoms with Gasteiger partial charge in [-0.25, -0.2) is 13.1 Å². The first-order valence-electron chi connectivity index (χ1n) is 12.9. The summed E-state index contributed by atoms with van der Waals surface area (Å²) < 4.78 is 28.9. The SMILES string of the molecule is CC(C)(O)C1CCN(c2nc(NC3CN(SC4CC4)C3)nc(Nc3cccc(C(F)F)c3)c2C=N)CC1. The van der Waals surface area contributed by atoms with Gasteiger partial charge in [0.1, 0.15) is 11.6 Å². The van der Waals surface area contributed by atoms with E-state index in [2.05, 4.69) is 24.8 Å². The van der Waals surface area contributed by atoms with Gasteiger partial charge in [-0.3, -0.25) is 0 Å². The molecule has 1 aromatic heterocycles. The van der Waals surface area contributed by atoms with Crippen LogP contribution in [0.1, 0.15) is 57.1 Å². The molecule has 0 radical (unpaired) electrons. The maximum absolute atomic E-state index is 13.3. The Morgan fingerprint density at radius 2 is 1.89 bits per heavy atom. The van der Waals surface area contributed by atoms with Gasteiger partial charge >= 0.3 is 0 Å². The van der Waals surface area contributed by atoms with Crippen molar-refractivity contribution >= 4 is 41.4 Å². The van der Waals surface area contributed by atoms with Gasteiger partial charge in [0.15, 0.2) is 0 Å². The standard InChI is InChI=1S/C26H35F2N7OS/c1-26(2,36)17-8-10-34(11-9-17)24-21(13-29)23(30-18-5-3-4-16(12-18)22(27)28)32-25(33-24)31-19-14-35(15-19)37-20-6-7-20/h3-5,12-13,17,19-20,22,29,36H,6-11,14-15H2,1-2H3,(H2,30,31,32,33). The highest BCUT2D eigenvalue weighted by Gasteiger charge is 2.35. The zero-order valence-electron chi connectivity index (χ0n) is 21.3. The molecule has 0 atom stereocenters. The molecule has 2 saturated heterocycles. The van der Waals surface area contributed by atoms with Crippen LogP contribution in [0.5, 0.6) is 0 Å². The molecule has 8 nitrogen and oxygen atoms in total. The van der Waals surface area contributed by atoms with Gasteiger partial charge < -0.3 is 26.0 Å². The number of anilines is 4. The molecule has 11 heteroatoms. The summed E-state index contributed by atoms with van der Waals surface area (Å²) in [5.41, 5.74) is 0.166. The third-order valence-electron chi connectivity index (χ3n) is 7.27. The Bertz CT molecular complexity index is 1110. The summed E-state index contributed by atoms with van der Waals surface area (Å²) in [6.45, 7) is 6.90. The van der Waals surface area contributed by atoms with Gasteiger partial charge in [-0.05, 0) is 57.6 Å². The van der Waals surface area contributed by atoms with E-state index in [0.717, 1.165) is 31.2 Å². The summed E-state index contributed by atoms with van der Waals surface area (Å²) >= 11 is 1.93. The number of aliphatic hydroxyl groups is 1. The summed E-state index contributed by atoms with van der Waals surface area (Å²) in [4.78, 5) is 11.6. The van der Waals surface area contributed by atoms with E-state index in [-0.39, 0.29) is 17.5 Å². The fourth-order valence-corrected chi connectivity index (χ4v) is 6.16. The van der Waals surface area contributed by atoms with Crippen LogP contribution in [0.4, 0.5) is 32.1 Å². The first kappa shape index (κ1) is 26.1. The predicted molar refractivity (Wildman–Crippen MR) is 145 cm³/mol. The smallest absolute Gasteiger partial charge is 0.263 e. The number of rotatable bonds is 10. The van der Waals surface area contributed by atoms with E-state index in [1.165, 1.54) is 31.2 Å². The molecule has 4 N–H and O–H groups in total. The second-order valence-electron chi connectivity index (χ2n) is 10.7. The van der Waals surface area contributed by atoms with Crippen LogP contribution in [0.25, 0.3) is 0 Å². The first-order chi connectivity index (χ1) is 17.7. The van der Waals surface area contributed by atoms with Crippen LogP contribution in [0.2, 0.25) is 0 Å². The molecule has 0 spiro atoms. The minimum Gasteiger partial charge on any atom is -0.390 e. The van der Waals surface area contributed by atoms with Crippen molar-refractivity contribution in [3.63, 3.8) is 0 Å². The molecule has 5 rings (SSSR count). The van der Waals surface area contributed by atoms with Gasteiger partial charge in [-0.15, -0.1) is 0 Å². The molecule has 1 aliphatic carbocycles. The third kappa shape index (κ3) is 6.32. The fourth-order valence-electron chi connectivity index (χ4n) is 4.86. The average Bonchev–Trinajstić information content (AvgIpc) is 3.66. The number of halogens is 2. The molecule has 37 heavy (non-hydrogen) atoms. The number of piperidine rings is 1. The van der Waals surface area contributed by atoms with E-state index in [1.807, 2.05) is 25.8 Å². The fraction of sp³-hybridized carbons (Fsp3) is 0.577. The van der Waals surface area contributed by atoms with Crippen molar-refractivity contribution in [3.05, 3.63) is 35.4 Å². The van der Waals surface area contributed by atoms with E-state index in [9.17, 15) is 13.9 Å². The molecule has 0 bridgehead atoms. The number of hydrogen-bond donors (Lipinski definition) is 4. The van der Waals surface area contributed by atoms with Crippen molar-refractivity contribution < 1.29 is 13.9 Å². The number of benzene rings is 1. The van der Waals surface area contributed by atoms with Crippen LogP contribution < -0.4 is 15.5 Å². The summed E-state index contributed by atoms with van der Waals surface area (Å²) in [7, 11) is 0. The summed E-state index contributed by atoms with van der Waals surface area (Å²) in [5.74, 6) is 1.69. The van der Waals surface area contributed by atoms with E-state index < -0.39 is 12.0 Å². The lowest BCUT2D eigenvalue weighted by molar-refractivity contribution is 0.00645. The van der Waals surface area contributed by atoms with Crippen LogP contribution in [0.3, 0.4) is 0 Å². The highest BCUT2D eigenvalue weighted by Crippen LogP contribution is 2.39. The molecule has 2 aromatic rings. The Morgan fingerprint density at radius 3 is 2.51 bits per heavy atom. The highest BCUT2D eigenvalue weighted by molar-refractivity contribution is 7.97. The Balaban J connectivity index is 1.40. The molecule has 1 saturated carbocycles. The first-order valence-corrected chi connectivity index (χ1v) is 13.8. The lowest BCUT2D eigenvalue weighted by Gasteiger charge is -2.40.